The summed E-state index contributed by atoms with van der Waals surface area (Å²) in [5.41, 5.74) is 5.12. The Morgan fingerprint density at radius 2 is 2.70 bits per heavy atom. The average molecular weight is 142 g/mol. The van der Waals surface area contributed by atoms with Gasteiger partial charge in [0.2, 0.25) is 0 Å². The van der Waals surface area contributed by atoms with Crippen molar-refractivity contribution in [1.29, 1.82) is 0 Å². The molecule has 56 valence electrons. The van der Waals surface area contributed by atoms with Crippen molar-refractivity contribution in [3.8, 4) is 0 Å². The number of hydrogen-bond acceptors (Lipinski definition) is 3. The van der Waals surface area contributed by atoms with Gasteiger partial charge in [0.15, 0.2) is 0 Å². The van der Waals surface area contributed by atoms with Gasteiger partial charge < -0.3 is 5.73 Å². The third-order valence-electron chi connectivity index (χ3n) is 1.39. The Morgan fingerprint density at radius 3 is 3.10 bits per heavy atom. The lowest BCUT2D eigenvalue weighted by molar-refractivity contribution is 0.541. The zero-order valence-corrected chi connectivity index (χ0v) is 5.74. The van der Waals surface area contributed by atoms with E-state index in [0.717, 1.165) is 0 Å². The molecule has 5 nitrogen and oxygen atoms in total. The van der Waals surface area contributed by atoms with Crippen LogP contribution in [0.15, 0.2) is 11.1 Å². The van der Waals surface area contributed by atoms with Gasteiger partial charge in [0.25, 0.3) is 0 Å². The second-order valence-electron chi connectivity index (χ2n) is 2.15. The molecule has 0 bridgehead atoms. The van der Waals surface area contributed by atoms with Crippen molar-refractivity contribution < 1.29 is 0 Å². The fraction of sp³-hybridized carbons (Fsp3) is 0.600. The molecule has 5 heteroatoms. The smallest absolute Gasteiger partial charge is 0.328 e. The van der Waals surface area contributed by atoms with Crippen molar-refractivity contribution in [2.45, 2.75) is 13.0 Å². The van der Waals surface area contributed by atoms with Gasteiger partial charge in [0.05, 0.1) is 0 Å². The van der Waals surface area contributed by atoms with Gasteiger partial charge in [-0.25, -0.2) is 9.89 Å². The number of rotatable bonds is 2. The van der Waals surface area contributed by atoms with Crippen LogP contribution in [0.5, 0.6) is 0 Å². The van der Waals surface area contributed by atoms with Gasteiger partial charge in [-0.3, -0.25) is 4.57 Å². The number of aromatic nitrogens is 3. The van der Waals surface area contributed by atoms with Gasteiger partial charge in [0.1, 0.15) is 6.33 Å². The van der Waals surface area contributed by atoms with Gasteiger partial charge >= 0.3 is 5.69 Å². The summed E-state index contributed by atoms with van der Waals surface area (Å²) in [7, 11) is 0. The van der Waals surface area contributed by atoms with Crippen molar-refractivity contribution in [1.82, 2.24) is 14.8 Å². The maximum absolute atomic E-state index is 10.8. The predicted octanol–water partition coefficient (Wildman–Crippen LogP) is -0.909. The molecular formula is C5H10N4O. The molecule has 0 aliphatic carbocycles. The van der Waals surface area contributed by atoms with Crippen LogP contribution >= 0.6 is 0 Å². The van der Waals surface area contributed by atoms with Crippen LogP contribution in [-0.4, -0.2) is 21.3 Å². The van der Waals surface area contributed by atoms with Crippen LogP contribution in [0.3, 0.4) is 0 Å². The largest absolute Gasteiger partial charge is 0.343 e. The zero-order valence-electron chi connectivity index (χ0n) is 5.74. The molecule has 1 aromatic heterocycles. The zero-order chi connectivity index (χ0) is 7.56. The molecule has 0 saturated heterocycles. The molecule has 1 heterocycles. The molecule has 1 aromatic rings. The molecule has 0 spiro atoms. The van der Waals surface area contributed by atoms with Crippen LogP contribution < -0.4 is 11.4 Å². The number of hydrogen-bond donors (Lipinski definition) is 2. The Kier molecular flexibility index (Phi) is 1.86. The van der Waals surface area contributed by atoms with E-state index in [0.29, 0.717) is 6.54 Å². The maximum Gasteiger partial charge on any atom is 0.343 e. The van der Waals surface area contributed by atoms with Gasteiger partial charge in [-0.15, -0.1) is 0 Å². The summed E-state index contributed by atoms with van der Waals surface area (Å²) in [6.45, 7) is 2.30. The molecule has 0 aromatic carbocycles. The lowest BCUT2D eigenvalue weighted by Crippen LogP contribution is -2.25. The van der Waals surface area contributed by atoms with Crippen LogP contribution in [-0.2, 0) is 0 Å². The lowest BCUT2D eigenvalue weighted by Gasteiger charge is -2.05. The molecule has 1 rings (SSSR count). The second-order valence-corrected chi connectivity index (χ2v) is 2.15. The van der Waals surface area contributed by atoms with Crippen LogP contribution in [0.4, 0.5) is 0 Å². The summed E-state index contributed by atoms with van der Waals surface area (Å²) in [5, 5.41) is 5.85. The van der Waals surface area contributed by atoms with Crippen LogP contribution in [0, 0.1) is 0 Å². The third-order valence-corrected chi connectivity index (χ3v) is 1.39. The minimum Gasteiger partial charge on any atom is -0.328 e. The highest BCUT2D eigenvalue weighted by Crippen LogP contribution is 1.94. The standard InChI is InChI=1S/C5H10N4O/c1-4(2-6)9-3-7-8-5(9)10/h3-4H,2,6H2,1H3,(H,8,10). The number of H-pyrrole nitrogens is 1. The normalized spacial score (nSPS) is 13.4. The minimum absolute atomic E-state index is 0.0197. The van der Waals surface area contributed by atoms with Crippen LogP contribution in [0.1, 0.15) is 13.0 Å². The first-order valence-corrected chi connectivity index (χ1v) is 3.07. The van der Waals surface area contributed by atoms with E-state index in [1.807, 2.05) is 6.92 Å². The molecule has 10 heavy (non-hydrogen) atoms. The quantitative estimate of drug-likeness (QED) is 0.561. The van der Waals surface area contributed by atoms with Gasteiger partial charge in [-0.1, -0.05) is 0 Å². The van der Waals surface area contributed by atoms with Crippen LogP contribution in [0.25, 0.3) is 0 Å². The first kappa shape index (κ1) is 7.01. The van der Waals surface area contributed by atoms with E-state index in [1.165, 1.54) is 10.9 Å². The maximum atomic E-state index is 10.8. The van der Waals surface area contributed by atoms with Gasteiger partial charge in [-0.2, -0.15) is 5.10 Å². The average Bonchev–Trinajstić information content (AvgIpc) is 2.34. The summed E-state index contributed by atoms with van der Waals surface area (Å²) in [6, 6.07) is 0.0197. The van der Waals surface area contributed by atoms with Crippen molar-refractivity contribution in [2.75, 3.05) is 6.54 Å². The molecular weight excluding hydrogens is 132 g/mol. The second kappa shape index (κ2) is 2.66. The fourth-order valence-electron chi connectivity index (χ4n) is 0.684. The molecule has 0 radical (unpaired) electrons. The van der Waals surface area contributed by atoms with Gasteiger partial charge in [0, 0.05) is 12.6 Å². The number of aromatic amines is 1. The monoisotopic (exact) mass is 142 g/mol. The van der Waals surface area contributed by atoms with Crippen molar-refractivity contribution in [2.24, 2.45) is 5.73 Å². The SMILES string of the molecule is CC(CN)n1cn[nH]c1=O. The molecule has 1 atom stereocenters. The van der Waals surface area contributed by atoms with Crippen molar-refractivity contribution >= 4 is 0 Å². The summed E-state index contributed by atoms with van der Waals surface area (Å²) < 4.78 is 1.46. The van der Waals surface area contributed by atoms with Crippen molar-refractivity contribution in [3.05, 3.63) is 16.8 Å². The highest BCUT2D eigenvalue weighted by Gasteiger charge is 2.03. The molecule has 1 unspecified atom stereocenters. The number of nitrogens with zero attached hydrogens (tertiary/aromatic N) is 2. The summed E-state index contributed by atoms with van der Waals surface area (Å²) in [5.74, 6) is 0. The molecule has 0 fully saturated rings. The lowest BCUT2D eigenvalue weighted by atomic mass is 10.3. The highest BCUT2D eigenvalue weighted by molar-refractivity contribution is 4.70. The Hall–Kier alpha value is -1.10. The van der Waals surface area contributed by atoms with E-state index in [-0.39, 0.29) is 11.7 Å². The molecule has 0 aliphatic heterocycles. The van der Waals surface area contributed by atoms with E-state index < -0.39 is 0 Å². The molecule has 0 amide bonds. The summed E-state index contributed by atoms with van der Waals surface area (Å²) >= 11 is 0. The predicted molar refractivity (Wildman–Crippen MR) is 36.6 cm³/mol. The Labute approximate surface area is 57.9 Å². The summed E-state index contributed by atoms with van der Waals surface area (Å²) in [4.78, 5) is 10.8. The van der Waals surface area contributed by atoms with Crippen molar-refractivity contribution in [3.63, 3.8) is 0 Å². The van der Waals surface area contributed by atoms with E-state index in [1.54, 1.807) is 0 Å². The highest BCUT2D eigenvalue weighted by atomic mass is 16.1. The van der Waals surface area contributed by atoms with Gasteiger partial charge in [-0.05, 0) is 6.92 Å². The minimum atomic E-state index is -0.210. The van der Waals surface area contributed by atoms with E-state index in [4.69, 9.17) is 5.73 Å². The van der Waals surface area contributed by atoms with Crippen LogP contribution in [0.2, 0.25) is 0 Å². The first-order valence-electron chi connectivity index (χ1n) is 3.07. The molecule has 3 N–H and O–H groups in total. The van der Waals surface area contributed by atoms with E-state index >= 15 is 0 Å². The number of nitrogens with two attached hydrogens (primary N) is 1. The Morgan fingerprint density at radius 1 is 2.00 bits per heavy atom. The Bertz CT molecular complexity index is 250. The van der Waals surface area contributed by atoms with E-state index in [2.05, 4.69) is 10.2 Å². The number of nitrogens with one attached hydrogen (secondary N) is 1. The Balaban J connectivity index is 2.93. The fourth-order valence-corrected chi connectivity index (χ4v) is 0.684. The van der Waals surface area contributed by atoms with E-state index in [9.17, 15) is 4.79 Å². The summed E-state index contributed by atoms with van der Waals surface area (Å²) in [6.07, 6.45) is 1.44. The third kappa shape index (κ3) is 1.08. The topological polar surface area (TPSA) is 76.7 Å². The first-order chi connectivity index (χ1) is 4.75. The molecule has 0 aliphatic rings. The molecule has 0 saturated carbocycles.